The quantitative estimate of drug-likeness (QED) is 0.731. The second-order valence-electron chi connectivity index (χ2n) is 2.79. The molecule has 74 valence electrons. The van der Waals surface area contributed by atoms with Crippen molar-refractivity contribution >= 4 is 0 Å². The van der Waals surface area contributed by atoms with Crippen molar-refractivity contribution in [1.29, 1.82) is 0 Å². The van der Waals surface area contributed by atoms with E-state index in [1.165, 1.54) is 0 Å². The number of rotatable bonds is 6. The molecule has 0 fully saturated rings. The molecule has 0 bridgehead atoms. The molecule has 1 aromatic heterocycles. The van der Waals surface area contributed by atoms with Crippen LogP contribution in [0, 0.1) is 0 Å². The molecule has 0 radical (unpaired) electrons. The summed E-state index contributed by atoms with van der Waals surface area (Å²) >= 11 is 0. The molecular formula is C10H17NO2. The maximum atomic E-state index is 5.50. The number of furan rings is 1. The third kappa shape index (κ3) is 3.61. The predicted octanol–water partition coefficient (Wildman–Crippen LogP) is 1.93. The van der Waals surface area contributed by atoms with Gasteiger partial charge < -0.3 is 14.5 Å². The fourth-order valence-corrected chi connectivity index (χ4v) is 1.05. The highest BCUT2D eigenvalue weighted by Gasteiger charge is 2.00. The maximum absolute atomic E-state index is 5.50. The van der Waals surface area contributed by atoms with E-state index in [0.29, 0.717) is 6.61 Å². The van der Waals surface area contributed by atoms with Gasteiger partial charge in [-0.05, 0) is 25.6 Å². The second-order valence-corrected chi connectivity index (χ2v) is 2.79. The third-order valence-electron chi connectivity index (χ3n) is 1.71. The smallest absolute Gasteiger partial charge is 0.129 e. The van der Waals surface area contributed by atoms with Gasteiger partial charge in [-0.15, -0.1) is 0 Å². The first-order valence-electron chi connectivity index (χ1n) is 4.72. The first-order valence-corrected chi connectivity index (χ1v) is 4.72. The average molecular weight is 183 g/mol. The largest absolute Gasteiger partial charge is 0.462 e. The first-order chi connectivity index (χ1) is 6.36. The lowest BCUT2D eigenvalue weighted by atomic mass is 10.4. The zero-order valence-corrected chi connectivity index (χ0v) is 8.30. The zero-order chi connectivity index (χ0) is 9.52. The average Bonchev–Trinajstić information content (AvgIpc) is 2.59. The summed E-state index contributed by atoms with van der Waals surface area (Å²) in [6, 6.07) is 3.94. The topological polar surface area (TPSA) is 34.4 Å². The van der Waals surface area contributed by atoms with Crippen molar-refractivity contribution in [2.24, 2.45) is 0 Å². The Morgan fingerprint density at radius 3 is 2.77 bits per heavy atom. The van der Waals surface area contributed by atoms with Crippen molar-refractivity contribution in [2.75, 3.05) is 13.2 Å². The molecule has 0 amide bonds. The highest BCUT2D eigenvalue weighted by atomic mass is 16.5. The van der Waals surface area contributed by atoms with Gasteiger partial charge in [0.1, 0.15) is 18.1 Å². The fourth-order valence-electron chi connectivity index (χ4n) is 1.05. The second kappa shape index (κ2) is 5.78. The van der Waals surface area contributed by atoms with Gasteiger partial charge in [-0.25, -0.2) is 0 Å². The van der Waals surface area contributed by atoms with Gasteiger partial charge in [0.15, 0.2) is 0 Å². The standard InChI is InChI=1S/C10H17NO2/c1-3-11-7-9-5-6-10(13-9)8-12-4-2/h5-6,11H,3-4,7-8H2,1-2H3. The summed E-state index contributed by atoms with van der Waals surface area (Å²) < 4.78 is 10.7. The Balaban J connectivity index is 2.34. The van der Waals surface area contributed by atoms with Crippen LogP contribution < -0.4 is 5.32 Å². The summed E-state index contributed by atoms with van der Waals surface area (Å²) in [7, 11) is 0. The van der Waals surface area contributed by atoms with E-state index >= 15 is 0 Å². The van der Waals surface area contributed by atoms with Crippen LogP contribution in [-0.4, -0.2) is 13.2 Å². The van der Waals surface area contributed by atoms with Crippen LogP contribution in [0.2, 0.25) is 0 Å². The van der Waals surface area contributed by atoms with E-state index < -0.39 is 0 Å². The molecule has 0 aromatic carbocycles. The number of hydrogen-bond acceptors (Lipinski definition) is 3. The van der Waals surface area contributed by atoms with E-state index in [9.17, 15) is 0 Å². The summed E-state index contributed by atoms with van der Waals surface area (Å²) in [6.45, 7) is 7.10. The predicted molar refractivity (Wildman–Crippen MR) is 51.4 cm³/mol. The molecule has 0 aliphatic heterocycles. The Bertz CT molecular complexity index is 210. The number of hydrogen-bond donors (Lipinski definition) is 1. The van der Waals surface area contributed by atoms with Gasteiger partial charge in [-0.3, -0.25) is 0 Å². The third-order valence-corrected chi connectivity index (χ3v) is 1.71. The van der Waals surface area contributed by atoms with Crippen molar-refractivity contribution in [1.82, 2.24) is 5.32 Å². The van der Waals surface area contributed by atoms with Gasteiger partial charge in [0.05, 0.1) is 6.54 Å². The van der Waals surface area contributed by atoms with Crippen molar-refractivity contribution in [3.63, 3.8) is 0 Å². The van der Waals surface area contributed by atoms with Crippen LogP contribution >= 0.6 is 0 Å². The SMILES string of the molecule is CCNCc1ccc(COCC)o1. The molecule has 0 aliphatic carbocycles. The van der Waals surface area contributed by atoms with Crippen LogP contribution in [0.25, 0.3) is 0 Å². The van der Waals surface area contributed by atoms with Gasteiger partial charge in [0.2, 0.25) is 0 Å². The molecule has 1 aromatic rings. The van der Waals surface area contributed by atoms with Crippen LogP contribution in [0.4, 0.5) is 0 Å². The Labute approximate surface area is 79.1 Å². The summed E-state index contributed by atoms with van der Waals surface area (Å²) in [5.41, 5.74) is 0. The molecule has 3 nitrogen and oxygen atoms in total. The summed E-state index contributed by atoms with van der Waals surface area (Å²) in [5.74, 6) is 1.87. The van der Waals surface area contributed by atoms with E-state index in [4.69, 9.17) is 9.15 Å². The Kier molecular flexibility index (Phi) is 4.57. The van der Waals surface area contributed by atoms with E-state index in [1.54, 1.807) is 0 Å². The first kappa shape index (κ1) is 10.3. The van der Waals surface area contributed by atoms with Crippen LogP contribution in [-0.2, 0) is 17.9 Å². The molecule has 0 atom stereocenters. The van der Waals surface area contributed by atoms with Gasteiger partial charge in [-0.2, -0.15) is 0 Å². The van der Waals surface area contributed by atoms with E-state index in [-0.39, 0.29) is 0 Å². The van der Waals surface area contributed by atoms with Gasteiger partial charge in [-0.1, -0.05) is 6.92 Å². The molecule has 1 N–H and O–H groups in total. The minimum Gasteiger partial charge on any atom is -0.462 e. The van der Waals surface area contributed by atoms with Crippen LogP contribution in [0.1, 0.15) is 25.4 Å². The fraction of sp³-hybridized carbons (Fsp3) is 0.600. The molecule has 0 aliphatic rings. The minimum atomic E-state index is 0.572. The Hall–Kier alpha value is -0.800. The molecule has 0 saturated heterocycles. The monoisotopic (exact) mass is 183 g/mol. The van der Waals surface area contributed by atoms with E-state index in [2.05, 4.69) is 12.2 Å². The van der Waals surface area contributed by atoms with E-state index in [1.807, 2.05) is 19.1 Å². The molecule has 3 heteroatoms. The van der Waals surface area contributed by atoms with Crippen molar-refractivity contribution in [2.45, 2.75) is 27.0 Å². The summed E-state index contributed by atoms with van der Waals surface area (Å²) in [5, 5.41) is 3.20. The van der Waals surface area contributed by atoms with Crippen LogP contribution in [0.3, 0.4) is 0 Å². The zero-order valence-electron chi connectivity index (χ0n) is 8.30. The normalized spacial score (nSPS) is 10.6. The van der Waals surface area contributed by atoms with Crippen molar-refractivity contribution in [3.8, 4) is 0 Å². The Morgan fingerprint density at radius 1 is 1.31 bits per heavy atom. The molecule has 13 heavy (non-hydrogen) atoms. The van der Waals surface area contributed by atoms with Crippen molar-refractivity contribution in [3.05, 3.63) is 23.7 Å². The highest BCUT2D eigenvalue weighted by Crippen LogP contribution is 2.08. The number of ether oxygens (including phenoxy) is 1. The van der Waals surface area contributed by atoms with Gasteiger partial charge in [0.25, 0.3) is 0 Å². The summed E-state index contributed by atoms with van der Waals surface area (Å²) in [4.78, 5) is 0. The van der Waals surface area contributed by atoms with Crippen molar-refractivity contribution < 1.29 is 9.15 Å². The van der Waals surface area contributed by atoms with Gasteiger partial charge in [0, 0.05) is 6.61 Å². The Morgan fingerprint density at radius 2 is 2.08 bits per heavy atom. The van der Waals surface area contributed by atoms with E-state index in [0.717, 1.165) is 31.2 Å². The summed E-state index contributed by atoms with van der Waals surface area (Å²) in [6.07, 6.45) is 0. The molecular weight excluding hydrogens is 166 g/mol. The minimum absolute atomic E-state index is 0.572. The van der Waals surface area contributed by atoms with Gasteiger partial charge >= 0.3 is 0 Å². The molecule has 0 saturated carbocycles. The molecule has 1 heterocycles. The van der Waals surface area contributed by atoms with Crippen LogP contribution in [0.5, 0.6) is 0 Å². The number of nitrogens with one attached hydrogen (secondary N) is 1. The lowest BCUT2D eigenvalue weighted by molar-refractivity contribution is 0.117. The highest BCUT2D eigenvalue weighted by molar-refractivity contribution is 5.06. The van der Waals surface area contributed by atoms with Crippen LogP contribution in [0.15, 0.2) is 16.5 Å². The lowest BCUT2D eigenvalue weighted by Crippen LogP contribution is -2.10. The maximum Gasteiger partial charge on any atom is 0.129 e. The molecule has 0 unspecified atom stereocenters. The molecule has 1 rings (SSSR count). The lowest BCUT2D eigenvalue weighted by Gasteiger charge is -1.98. The molecule has 0 spiro atoms.